The normalized spacial score (nSPS) is 11.0. The quantitative estimate of drug-likeness (QED) is 0.570. The van der Waals surface area contributed by atoms with Crippen molar-refractivity contribution in [1.29, 1.82) is 0 Å². The standard InChI is InChI=1S/C17H10F2N4/c18-11-1-2-12(21-9-11)15-16(10-5-7-20-8-6-10)22-13-3-4-14(19)23-17(13)15/h1-9,22H. The van der Waals surface area contributed by atoms with E-state index in [1.54, 1.807) is 24.5 Å². The van der Waals surface area contributed by atoms with Crippen molar-refractivity contribution in [3.63, 3.8) is 0 Å². The van der Waals surface area contributed by atoms with Gasteiger partial charge >= 0.3 is 0 Å². The van der Waals surface area contributed by atoms with Crippen molar-refractivity contribution in [2.45, 2.75) is 0 Å². The fourth-order valence-corrected chi connectivity index (χ4v) is 2.55. The third-order valence-electron chi connectivity index (χ3n) is 3.56. The lowest BCUT2D eigenvalue weighted by Gasteiger charge is -2.04. The minimum Gasteiger partial charge on any atom is -0.353 e. The average Bonchev–Trinajstić information content (AvgIpc) is 2.95. The highest BCUT2D eigenvalue weighted by atomic mass is 19.1. The molecule has 0 saturated carbocycles. The van der Waals surface area contributed by atoms with Crippen LogP contribution in [0.5, 0.6) is 0 Å². The third kappa shape index (κ3) is 2.34. The first-order chi connectivity index (χ1) is 11.2. The molecule has 112 valence electrons. The van der Waals surface area contributed by atoms with Crippen LogP contribution in [-0.4, -0.2) is 19.9 Å². The van der Waals surface area contributed by atoms with Crippen LogP contribution < -0.4 is 0 Å². The van der Waals surface area contributed by atoms with Crippen molar-refractivity contribution < 1.29 is 8.78 Å². The zero-order valence-corrected chi connectivity index (χ0v) is 11.8. The molecule has 4 nitrogen and oxygen atoms in total. The SMILES string of the molecule is Fc1ccc(-c2c(-c3ccncc3)[nH]c3ccc(F)nc23)nc1. The smallest absolute Gasteiger partial charge is 0.213 e. The summed E-state index contributed by atoms with van der Waals surface area (Å²) in [5.41, 5.74) is 3.88. The maximum Gasteiger partial charge on any atom is 0.213 e. The fraction of sp³-hybridized carbons (Fsp3) is 0. The first kappa shape index (κ1) is 13.5. The zero-order valence-electron chi connectivity index (χ0n) is 11.8. The van der Waals surface area contributed by atoms with Crippen LogP contribution in [0, 0.1) is 11.8 Å². The van der Waals surface area contributed by atoms with E-state index in [1.165, 1.54) is 12.1 Å². The van der Waals surface area contributed by atoms with Gasteiger partial charge in [-0.15, -0.1) is 0 Å². The number of nitrogens with zero attached hydrogens (tertiary/aromatic N) is 3. The molecule has 0 bridgehead atoms. The summed E-state index contributed by atoms with van der Waals surface area (Å²) in [6, 6.07) is 9.43. The van der Waals surface area contributed by atoms with E-state index in [2.05, 4.69) is 19.9 Å². The van der Waals surface area contributed by atoms with Crippen molar-refractivity contribution in [1.82, 2.24) is 19.9 Å². The molecule has 1 N–H and O–H groups in total. The number of aromatic amines is 1. The van der Waals surface area contributed by atoms with E-state index in [4.69, 9.17) is 0 Å². The highest BCUT2D eigenvalue weighted by Gasteiger charge is 2.18. The van der Waals surface area contributed by atoms with Crippen molar-refractivity contribution in [2.24, 2.45) is 0 Å². The highest BCUT2D eigenvalue weighted by Crippen LogP contribution is 2.36. The predicted octanol–water partition coefficient (Wildman–Crippen LogP) is 3.97. The van der Waals surface area contributed by atoms with Gasteiger partial charge in [0.2, 0.25) is 5.95 Å². The molecule has 0 unspecified atom stereocenters. The van der Waals surface area contributed by atoms with Gasteiger partial charge in [0, 0.05) is 18.0 Å². The molecule has 0 aliphatic rings. The lowest BCUT2D eigenvalue weighted by atomic mass is 10.1. The molecule has 0 spiro atoms. The molecule has 0 aromatic carbocycles. The molecule has 0 saturated heterocycles. The Morgan fingerprint density at radius 3 is 2.48 bits per heavy atom. The second kappa shape index (κ2) is 5.24. The first-order valence-electron chi connectivity index (χ1n) is 6.93. The summed E-state index contributed by atoms with van der Waals surface area (Å²) in [6.45, 7) is 0. The van der Waals surface area contributed by atoms with Gasteiger partial charge in [-0.05, 0) is 36.4 Å². The third-order valence-corrected chi connectivity index (χ3v) is 3.56. The van der Waals surface area contributed by atoms with Gasteiger partial charge < -0.3 is 4.98 Å². The van der Waals surface area contributed by atoms with Crippen LogP contribution in [0.2, 0.25) is 0 Å². The maximum atomic E-state index is 13.6. The minimum atomic E-state index is -0.582. The van der Waals surface area contributed by atoms with E-state index < -0.39 is 11.8 Å². The Kier molecular flexibility index (Phi) is 3.08. The average molecular weight is 308 g/mol. The summed E-state index contributed by atoms with van der Waals surface area (Å²) in [5, 5.41) is 0. The topological polar surface area (TPSA) is 54.5 Å². The number of halogens is 2. The van der Waals surface area contributed by atoms with Crippen molar-refractivity contribution in [3.05, 3.63) is 66.8 Å². The largest absolute Gasteiger partial charge is 0.353 e. The Bertz CT molecular complexity index is 979. The Hall–Kier alpha value is -3.15. The molecule has 4 heterocycles. The maximum absolute atomic E-state index is 13.6. The van der Waals surface area contributed by atoms with E-state index >= 15 is 0 Å². The number of nitrogens with one attached hydrogen (secondary N) is 1. The number of pyridine rings is 3. The van der Waals surface area contributed by atoms with Crippen molar-refractivity contribution in [2.75, 3.05) is 0 Å². The summed E-state index contributed by atoms with van der Waals surface area (Å²) in [7, 11) is 0. The molecule has 4 aromatic rings. The van der Waals surface area contributed by atoms with Crippen LogP contribution in [0.15, 0.2) is 55.0 Å². The van der Waals surface area contributed by atoms with Gasteiger partial charge in [-0.2, -0.15) is 4.39 Å². The molecule has 0 radical (unpaired) electrons. The second-order valence-electron chi connectivity index (χ2n) is 5.00. The van der Waals surface area contributed by atoms with Crippen LogP contribution in [0.1, 0.15) is 0 Å². The second-order valence-corrected chi connectivity index (χ2v) is 5.00. The number of hydrogen-bond donors (Lipinski definition) is 1. The Balaban J connectivity index is 2.06. The molecule has 0 amide bonds. The molecule has 4 rings (SSSR count). The molecule has 0 aliphatic heterocycles. The fourth-order valence-electron chi connectivity index (χ4n) is 2.55. The molecule has 0 fully saturated rings. The Labute approximate surface area is 129 Å². The summed E-state index contributed by atoms with van der Waals surface area (Å²) >= 11 is 0. The summed E-state index contributed by atoms with van der Waals surface area (Å²) in [5.74, 6) is -1.01. The van der Waals surface area contributed by atoms with Crippen LogP contribution in [0.25, 0.3) is 33.5 Å². The van der Waals surface area contributed by atoms with E-state index in [-0.39, 0.29) is 0 Å². The lowest BCUT2D eigenvalue weighted by molar-refractivity contribution is 0.589. The van der Waals surface area contributed by atoms with Gasteiger partial charge in [0.15, 0.2) is 0 Å². The first-order valence-corrected chi connectivity index (χ1v) is 6.93. The Morgan fingerprint density at radius 1 is 0.913 bits per heavy atom. The van der Waals surface area contributed by atoms with Crippen LogP contribution in [0.4, 0.5) is 8.78 Å². The van der Waals surface area contributed by atoms with E-state index in [0.29, 0.717) is 22.3 Å². The highest BCUT2D eigenvalue weighted by molar-refractivity contribution is 6.00. The summed E-state index contributed by atoms with van der Waals surface area (Å²) in [4.78, 5) is 15.3. The van der Waals surface area contributed by atoms with Gasteiger partial charge in [-0.3, -0.25) is 9.97 Å². The van der Waals surface area contributed by atoms with Gasteiger partial charge in [-0.1, -0.05) is 0 Å². The van der Waals surface area contributed by atoms with Gasteiger partial charge in [0.1, 0.15) is 11.3 Å². The predicted molar refractivity (Wildman–Crippen MR) is 82.5 cm³/mol. The van der Waals surface area contributed by atoms with Crippen LogP contribution in [-0.2, 0) is 0 Å². The molecule has 23 heavy (non-hydrogen) atoms. The van der Waals surface area contributed by atoms with Crippen molar-refractivity contribution in [3.8, 4) is 22.5 Å². The van der Waals surface area contributed by atoms with E-state index in [1.807, 2.05) is 12.1 Å². The van der Waals surface area contributed by atoms with Gasteiger partial charge in [0.05, 0.1) is 28.7 Å². The molecule has 0 atom stereocenters. The number of rotatable bonds is 2. The minimum absolute atomic E-state index is 0.432. The lowest BCUT2D eigenvalue weighted by Crippen LogP contribution is -1.89. The van der Waals surface area contributed by atoms with E-state index in [9.17, 15) is 8.78 Å². The number of H-pyrrole nitrogens is 1. The monoisotopic (exact) mass is 308 g/mol. The number of aromatic nitrogens is 4. The number of fused-ring (bicyclic) bond motifs is 1. The molecular formula is C17H10F2N4. The summed E-state index contributed by atoms with van der Waals surface area (Å²) < 4.78 is 26.8. The summed E-state index contributed by atoms with van der Waals surface area (Å²) in [6.07, 6.45) is 4.46. The molecule has 4 aromatic heterocycles. The van der Waals surface area contributed by atoms with Crippen LogP contribution >= 0.6 is 0 Å². The van der Waals surface area contributed by atoms with Crippen molar-refractivity contribution >= 4 is 11.0 Å². The zero-order chi connectivity index (χ0) is 15.8. The molecule has 0 aliphatic carbocycles. The molecular weight excluding hydrogens is 298 g/mol. The number of hydrogen-bond acceptors (Lipinski definition) is 3. The van der Waals surface area contributed by atoms with Crippen LogP contribution in [0.3, 0.4) is 0 Å². The van der Waals surface area contributed by atoms with E-state index in [0.717, 1.165) is 17.5 Å². The molecule has 6 heteroatoms. The van der Waals surface area contributed by atoms with Gasteiger partial charge in [-0.25, -0.2) is 9.37 Å². The Morgan fingerprint density at radius 2 is 1.74 bits per heavy atom. The van der Waals surface area contributed by atoms with Gasteiger partial charge in [0.25, 0.3) is 0 Å².